The van der Waals surface area contributed by atoms with Crippen LogP contribution in [0.15, 0.2) is 23.1 Å². The third-order valence-corrected chi connectivity index (χ3v) is 4.64. The highest BCUT2D eigenvalue weighted by molar-refractivity contribution is 7.89. The number of nitrogens with one attached hydrogen (secondary N) is 2. The van der Waals surface area contributed by atoms with Gasteiger partial charge in [0.25, 0.3) is 0 Å². The van der Waals surface area contributed by atoms with Gasteiger partial charge in [-0.15, -0.1) is 0 Å². The van der Waals surface area contributed by atoms with Crippen LogP contribution in [0.4, 0.5) is 0 Å². The van der Waals surface area contributed by atoms with Gasteiger partial charge in [-0.05, 0) is 31.2 Å². The fourth-order valence-corrected chi connectivity index (χ4v) is 3.42. The third-order valence-electron chi connectivity index (χ3n) is 3.08. The summed E-state index contributed by atoms with van der Waals surface area (Å²) in [6, 6.07) is 4.79. The maximum Gasteiger partial charge on any atom is 0.244 e. The molecule has 0 aromatic heterocycles. The first-order valence-corrected chi connectivity index (χ1v) is 8.29. The van der Waals surface area contributed by atoms with E-state index >= 15 is 0 Å². The number of ether oxygens (including phenoxy) is 2. The molecule has 0 heterocycles. The number of sulfonamides is 1. The average Bonchev–Trinajstić information content (AvgIpc) is 2.46. The molecule has 0 bridgehead atoms. The average molecular weight is 316 g/mol. The molecular formula is C14H24N2O4S. The van der Waals surface area contributed by atoms with E-state index in [-0.39, 0.29) is 10.9 Å². The Morgan fingerprint density at radius 2 is 2.00 bits per heavy atom. The van der Waals surface area contributed by atoms with Crippen LogP contribution < -0.4 is 14.8 Å². The van der Waals surface area contributed by atoms with Crippen molar-refractivity contribution >= 4 is 10.0 Å². The van der Waals surface area contributed by atoms with E-state index in [0.29, 0.717) is 25.3 Å². The highest BCUT2D eigenvalue weighted by Crippen LogP contribution is 2.25. The van der Waals surface area contributed by atoms with Gasteiger partial charge in [-0.25, -0.2) is 13.1 Å². The number of hydrogen-bond acceptors (Lipinski definition) is 5. The van der Waals surface area contributed by atoms with E-state index in [1.807, 2.05) is 14.0 Å². The summed E-state index contributed by atoms with van der Waals surface area (Å²) in [5, 5.41) is 3.01. The SMILES string of the molecule is CCC(COC)NS(=O)(=O)c1ccc(CNC)cc1OC. The van der Waals surface area contributed by atoms with Crippen molar-refractivity contribution in [3.05, 3.63) is 23.8 Å². The van der Waals surface area contributed by atoms with Crippen LogP contribution in [0.25, 0.3) is 0 Å². The van der Waals surface area contributed by atoms with Crippen molar-refractivity contribution < 1.29 is 17.9 Å². The lowest BCUT2D eigenvalue weighted by Gasteiger charge is -2.18. The van der Waals surface area contributed by atoms with E-state index in [9.17, 15) is 8.42 Å². The summed E-state index contributed by atoms with van der Waals surface area (Å²) in [4.78, 5) is 0.138. The number of benzene rings is 1. The lowest BCUT2D eigenvalue weighted by molar-refractivity contribution is 0.173. The summed E-state index contributed by atoms with van der Waals surface area (Å²) >= 11 is 0. The quantitative estimate of drug-likeness (QED) is 0.714. The van der Waals surface area contributed by atoms with Gasteiger partial charge in [-0.2, -0.15) is 0 Å². The van der Waals surface area contributed by atoms with E-state index in [4.69, 9.17) is 9.47 Å². The van der Waals surface area contributed by atoms with Crippen LogP contribution in [-0.4, -0.2) is 42.3 Å². The van der Waals surface area contributed by atoms with Gasteiger partial charge in [0.05, 0.1) is 13.7 Å². The summed E-state index contributed by atoms with van der Waals surface area (Å²) in [5.74, 6) is 0.336. The van der Waals surface area contributed by atoms with Gasteiger partial charge in [-0.1, -0.05) is 13.0 Å². The van der Waals surface area contributed by atoms with Crippen LogP contribution in [0.3, 0.4) is 0 Å². The first-order valence-electron chi connectivity index (χ1n) is 6.81. The molecule has 0 amide bonds. The Labute approximate surface area is 126 Å². The van der Waals surface area contributed by atoms with Crippen molar-refractivity contribution in [1.82, 2.24) is 10.0 Å². The molecule has 0 saturated carbocycles. The number of methoxy groups -OCH3 is 2. The molecule has 120 valence electrons. The Morgan fingerprint density at radius 3 is 2.52 bits per heavy atom. The molecule has 0 spiro atoms. The minimum Gasteiger partial charge on any atom is -0.495 e. The van der Waals surface area contributed by atoms with Gasteiger partial charge in [0.2, 0.25) is 10.0 Å². The van der Waals surface area contributed by atoms with Gasteiger partial charge >= 0.3 is 0 Å². The molecule has 21 heavy (non-hydrogen) atoms. The second-order valence-electron chi connectivity index (χ2n) is 4.70. The lowest BCUT2D eigenvalue weighted by Crippen LogP contribution is -2.37. The Balaban J connectivity index is 3.06. The summed E-state index contributed by atoms with van der Waals surface area (Å²) in [6.07, 6.45) is 0.646. The Kier molecular flexibility index (Phi) is 7.10. The lowest BCUT2D eigenvalue weighted by atomic mass is 10.2. The van der Waals surface area contributed by atoms with Gasteiger partial charge in [0, 0.05) is 19.7 Å². The van der Waals surface area contributed by atoms with Crippen LogP contribution in [-0.2, 0) is 21.3 Å². The molecule has 0 fully saturated rings. The summed E-state index contributed by atoms with van der Waals surface area (Å²) in [5.41, 5.74) is 0.956. The van der Waals surface area contributed by atoms with E-state index in [0.717, 1.165) is 5.56 Å². The number of hydrogen-bond donors (Lipinski definition) is 2. The van der Waals surface area contributed by atoms with Crippen LogP contribution >= 0.6 is 0 Å². The van der Waals surface area contributed by atoms with E-state index < -0.39 is 10.0 Å². The molecule has 1 aromatic rings. The second kappa shape index (κ2) is 8.33. The Hall–Kier alpha value is -1.15. The molecule has 0 saturated heterocycles. The monoisotopic (exact) mass is 316 g/mol. The molecule has 1 atom stereocenters. The fraction of sp³-hybridized carbons (Fsp3) is 0.571. The zero-order valence-electron chi connectivity index (χ0n) is 13.0. The molecule has 1 unspecified atom stereocenters. The van der Waals surface area contributed by atoms with Gasteiger partial charge in [0.1, 0.15) is 10.6 Å². The Morgan fingerprint density at radius 1 is 1.29 bits per heavy atom. The molecule has 7 heteroatoms. The van der Waals surface area contributed by atoms with Crippen LogP contribution in [0.5, 0.6) is 5.75 Å². The molecular weight excluding hydrogens is 292 g/mol. The zero-order valence-corrected chi connectivity index (χ0v) is 13.8. The molecule has 0 aliphatic carbocycles. The second-order valence-corrected chi connectivity index (χ2v) is 6.38. The highest BCUT2D eigenvalue weighted by Gasteiger charge is 2.23. The molecule has 1 aromatic carbocycles. The normalized spacial score (nSPS) is 13.1. The van der Waals surface area contributed by atoms with Gasteiger partial charge < -0.3 is 14.8 Å². The third kappa shape index (κ3) is 4.96. The van der Waals surface area contributed by atoms with Crippen molar-refractivity contribution in [3.8, 4) is 5.75 Å². The van der Waals surface area contributed by atoms with E-state index in [1.165, 1.54) is 7.11 Å². The molecule has 1 rings (SSSR count). The minimum atomic E-state index is -3.64. The van der Waals surface area contributed by atoms with Crippen molar-refractivity contribution in [2.45, 2.75) is 30.8 Å². The maximum absolute atomic E-state index is 12.5. The first kappa shape index (κ1) is 17.9. The van der Waals surface area contributed by atoms with Crippen LogP contribution in [0.1, 0.15) is 18.9 Å². The largest absolute Gasteiger partial charge is 0.495 e. The Bertz CT molecular complexity index is 546. The first-order chi connectivity index (χ1) is 9.98. The molecule has 6 nitrogen and oxygen atoms in total. The summed E-state index contributed by atoms with van der Waals surface area (Å²) in [7, 11) is 1.19. The topological polar surface area (TPSA) is 76.7 Å². The van der Waals surface area contributed by atoms with E-state index in [2.05, 4.69) is 10.0 Å². The maximum atomic E-state index is 12.5. The standard InChI is InChI=1S/C14H24N2O4S/c1-5-12(10-19-3)16-21(17,18)14-7-6-11(9-15-2)8-13(14)20-4/h6-8,12,15-16H,5,9-10H2,1-4H3. The fourth-order valence-electron chi connectivity index (χ4n) is 1.97. The van der Waals surface area contributed by atoms with Gasteiger partial charge in [-0.3, -0.25) is 0 Å². The number of rotatable bonds is 9. The van der Waals surface area contributed by atoms with Crippen molar-refractivity contribution in [2.24, 2.45) is 0 Å². The smallest absolute Gasteiger partial charge is 0.244 e. The van der Waals surface area contributed by atoms with Crippen molar-refractivity contribution in [1.29, 1.82) is 0 Å². The van der Waals surface area contributed by atoms with Crippen molar-refractivity contribution in [3.63, 3.8) is 0 Å². The zero-order chi connectivity index (χ0) is 15.9. The van der Waals surface area contributed by atoms with Crippen molar-refractivity contribution in [2.75, 3.05) is 27.9 Å². The summed E-state index contributed by atoms with van der Waals surface area (Å²) < 4.78 is 37.8. The van der Waals surface area contributed by atoms with E-state index in [1.54, 1.807) is 25.3 Å². The predicted octanol–water partition coefficient (Wildman–Crippen LogP) is 1.12. The molecule has 0 radical (unpaired) electrons. The minimum absolute atomic E-state index is 0.138. The van der Waals surface area contributed by atoms with Crippen LogP contribution in [0, 0.1) is 0 Å². The molecule has 0 aliphatic rings. The van der Waals surface area contributed by atoms with Crippen LogP contribution in [0.2, 0.25) is 0 Å². The highest BCUT2D eigenvalue weighted by atomic mass is 32.2. The summed E-state index contributed by atoms with van der Waals surface area (Å²) in [6.45, 7) is 2.88. The molecule has 2 N–H and O–H groups in total. The van der Waals surface area contributed by atoms with Gasteiger partial charge in [0.15, 0.2) is 0 Å². The predicted molar refractivity (Wildman–Crippen MR) is 82.0 cm³/mol. The molecule has 0 aliphatic heterocycles.